The Bertz CT molecular complexity index is 444. The monoisotopic (exact) mass is 275 g/mol. The molecule has 0 radical (unpaired) electrons. The highest BCUT2D eigenvalue weighted by Gasteiger charge is 2.48. The van der Waals surface area contributed by atoms with Gasteiger partial charge in [-0.3, -0.25) is 4.79 Å². The molecule has 1 aliphatic rings. The minimum absolute atomic E-state index is 0.115. The summed E-state index contributed by atoms with van der Waals surface area (Å²) >= 11 is 0. The Hall–Kier alpha value is -1.39. The lowest BCUT2D eigenvalue weighted by Crippen LogP contribution is -2.67. The Morgan fingerprint density at radius 1 is 1.20 bits per heavy atom. The lowest BCUT2D eigenvalue weighted by atomic mass is 9.84. The minimum Gasteiger partial charge on any atom is -0.353 e. The molecule has 1 aliphatic heterocycles. The van der Waals surface area contributed by atoms with Gasteiger partial charge in [0.05, 0.1) is 0 Å². The lowest BCUT2D eigenvalue weighted by molar-refractivity contribution is -0.164. The Labute approximate surface area is 121 Å². The fourth-order valence-corrected chi connectivity index (χ4v) is 3.22. The normalized spacial score (nSPS) is 23.9. The lowest BCUT2D eigenvalue weighted by Gasteiger charge is -2.50. The summed E-state index contributed by atoms with van der Waals surface area (Å²) in [5.74, 6) is 0.115. The summed E-state index contributed by atoms with van der Waals surface area (Å²) in [6, 6.07) is 10.1. The van der Waals surface area contributed by atoms with Crippen LogP contribution in [0.25, 0.3) is 0 Å². The van der Waals surface area contributed by atoms with Gasteiger partial charge in [-0.15, -0.1) is 0 Å². The number of carbonyl (C=O) groups is 1. The number of benzene rings is 1. The van der Waals surface area contributed by atoms with Gasteiger partial charge in [0, 0.05) is 26.2 Å². The van der Waals surface area contributed by atoms with Crippen LogP contribution in [-0.2, 0) is 10.3 Å². The highest BCUT2D eigenvalue weighted by atomic mass is 16.2. The number of piperazine rings is 1. The first-order chi connectivity index (χ1) is 9.70. The van der Waals surface area contributed by atoms with E-state index in [0.717, 1.165) is 31.6 Å². The molecule has 1 aromatic carbocycles. The van der Waals surface area contributed by atoms with Gasteiger partial charge in [0.2, 0.25) is 5.91 Å². The van der Waals surface area contributed by atoms with Crippen molar-refractivity contribution in [1.29, 1.82) is 0 Å². The van der Waals surface area contributed by atoms with Crippen LogP contribution in [-0.4, -0.2) is 42.1 Å². The number of carbonyl (C=O) groups excluding carboxylic acids is 1. The SMILES string of the molecule is CCN(CC)N1CCNC(=O)C1(CC)c1ccccc1. The van der Waals surface area contributed by atoms with E-state index >= 15 is 0 Å². The average molecular weight is 275 g/mol. The van der Waals surface area contributed by atoms with Gasteiger partial charge in [-0.1, -0.05) is 51.1 Å². The predicted molar refractivity (Wildman–Crippen MR) is 81.0 cm³/mol. The molecule has 1 aromatic rings. The van der Waals surface area contributed by atoms with E-state index in [4.69, 9.17) is 0 Å². The fraction of sp³-hybridized carbons (Fsp3) is 0.562. The van der Waals surface area contributed by atoms with E-state index in [1.165, 1.54) is 0 Å². The quantitative estimate of drug-likeness (QED) is 0.892. The molecular weight excluding hydrogens is 250 g/mol. The number of rotatable bonds is 5. The molecule has 0 spiro atoms. The fourth-order valence-electron chi connectivity index (χ4n) is 3.22. The summed E-state index contributed by atoms with van der Waals surface area (Å²) < 4.78 is 0. The van der Waals surface area contributed by atoms with Gasteiger partial charge in [0.1, 0.15) is 5.54 Å². The highest BCUT2D eigenvalue weighted by molar-refractivity contribution is 5.88. The number of hydrogen-bond acceptors (Lipinski definition) is 3. The van der Waals surface area contributed by atoms with Crippen molar-refractivity contribution >= 4 is 5.91 Å². The van der Waals surface area contributed by atoms with Crippen LogP contribution in [0, 0.1) is 0 Å². The van der Waals surface area contributed by atoms with Crippen molar-refractivity contribution in [3.05, 3.63) is 35.9 Å². The first kappa shape index (κ1) is 15.0. The van der Waals surface area contributed by atoms with Gasteiger partial charge in [-0.25, -0.2) is 10.0 Å². The summed E-state index contributed by atoms with van der Waals surface area (Å²) in [5, 5.41) is 7.59. The van der Waals surface area contributed by atoms with Crippen LogP contribution in [0.2, 0.25) is 0 Å². The van der Waals surface area contributed by atoms with Crippen molar-refractivity contribution in [1.82, 2.24) is 15.3 Å². The molecule has 4 heteroatoms. The Balaban J connectivity index is 2.50. The predicted octanol–water partition coefficient (Wildman–Crippen LogP) is 1.98. The van der Waals surface area contributed by atoms with Gasteiger partial charge in [-0.2, -0.15) is 0 Å². The molecule has 1 fully saturated rings. The smallest absolute Gasteiger partial charge is 0.246 e. The van der Waals surface area contributed by atoms with E-state index in [-0.39, 0.29) is 5.91 Å². The second-order valence-corrected chi connectivity index (χ2v) is 5.10. The number of hydrogen-bond donors (Lipinski definition) is 1. The number of amides is 1. The summed E-state index contributed by atoms with van der Waals surface area (Å²) in [4.78, 5) is 12.7. The maximum Gasteiger partial charge on any atom is 0.246 e. The molecule has 0 bridgehead atoms. The van der Waals surface area contributed by atoms with Gasteiger partial charge in [0.15, 0.2) is 0 Å². The maximum atomic E-state index is 12.7. The molecular formula is C16H25N3O. The topological polar surface area (TPSA) is 35.6 Å². The second-order valence-electron chi connectivity index (χ2n) is 5.10. The zero-order valence-electron chi connectivity index (χ0n) is 12.7. The van der Waals surface area contributed by atoms with Crippen LogP contribution in [0.1, 0.15) is 32.8 Å². The van der Waals surface area contributed by atoms with Crippen molar-refractivity contribution in [3.63, 3.8) is 0 Å². The summed E-state index contributed by atoms with van der Waals surface area (Å²) in [6.45, 7) is 9.77. The van der Waals surface area contributed by atoms with Gasteiger partial charge in [0.25, 0.3) is 0 Å². The molecule has 1 saturated heterocycles. The molecule has 0 aromatic heterocycles. The van der Waals surface area contributed by atoms with Gasteiger partial charge in [-0.05, 0) is 12.0 Å². The third kappa shape index (κ3) is 2.34. The van der Waals surface area contributed by atoms with Crippen LogP contribution < -0.4 is 5.32 Å². The second kappa shape index (κ2) is 6.37. The molecule has 110 valence electrons. The molecule has 1 N–H and O–H groups in total. The van der Waals surface area contributed by atoms with Crippen LogP contribution in [0.3, 0.4) is 0 Å². The molecule has 1 unspecified atom stereocenters. The third-order valence-corrected chi connectivity index (χ3v) is 4.26. The zero-order chi connectivity index (χ0) is 14.6. The average Bonchev–Trinajstić information content (AvgIpc) is 2.50. The third-order valence-electron chi connectivity index (χ3n) is 4.26. The minimum atomic E-state index is -0.578. The van der Waals surface area contributed by atoms with E-state index in [1.54, 1.807) is 0 Å². The van der Waals surface area contributed by atoms with E-state index in [0.29, 0.717) is 6.54 Å². The van der Waals surface area contributed by atoms with Gasteiger partial charge < -0.3 is 5.32 Å². The van der Waals surface area contributed by atoms with Crippen molar-refractivity contribution in [2.24, 2.45) is 0 Å². The van der Waals surface area contributed by atoms with Crippen molar-refractivity contribution in [2.75, 3.05) is 26.2 Å². The summed E-state index contributed by atoms with van der Waals surface area (Å²) in [5.41, 5.74) is 0.498. The Morgan fingerprint density at radius 2 is 1.85 bits per heavy atom. The first-order valence-electron chi connectivity index (χ1n) is 7.57. The molecule has 1 atom stereocenters. The molecule has 1 amide bonds. The molecule has 0 aliphatic carbocycles. The number of nitrogens with zero attached hydrogens (tertiary/aromatic N) is 2. The number of nitrogens with one attached hydrogen (secondary N) is 1. The Morgan fingerprint density at radius 3 is 2.40 bits per heavy atom. The van der Waals surface area contributed by atoms with E-state index < -0.39 is 5.54 Å². The largest absolute Gasteiger partial charge is 0.353 e. The van der Waals surface area contributed by atoms with Crippen LogP contribution in [0.15, 0.2) is 30.3 Å². The molecule has 2 rings (SSSR count). The highest BCUT2D eigenvalue weighted by Crippen LogP contribution is 2.35. The van der Waals surface area contributed by atoms with Gasteiger partial charge >= 0.3 is 0 Å². The van der Waals surface area contributed by atoms with E-state index in [9.17, 15) is 4.79 Å². The molecule has 4 nitrogen and oxygen atoms in total. The zero-order valence-corrected chi connectivity index (χ0v) is 12.7. The Kier molecular flexibility index (Phi) is 4.78. The number of hydrazine groups is 1. The molecule has 20 heavy (non-hydrogen) atoms. The van der Waals surface area contributed by atoms with Crippen molar-refractivity contribution in [2.45, 2.75) is 32.7 Å². The summed E-state index contributed by atoms with van der Waals surface area (Å²) in [7, 11) is 0. The van der Waals surface area contributed by atoms with E-state index in [1.807, 2.05) is 18.2 Å². The molecule has 1 heterocycles. The molecule has 0 saturated carbocycles. The van der Waals surface area contributed by atoms with Crippen LogP contribution in [0.5, 0.6) is 0 Å². The van der Waals surface area contributed by atoms with Crippen molar-refractivity contribution in [3.8, 4) is 0 Å². The van der Waals surface area contributed by atoms with Crippen molar-refractivity contribution < 1.29 is 4.79 Å². The van der Waals surface area contributed by atoms with Crippen LogP contribution in [0.4, 0.5) is 0 Å². The summed E-state index contributed by atoms with van der Waals surface area (Å²) in [6.07, 6.45) is 0.763. The first-order valence-corrected chi connectivity index (χ1v) is 7.57. The maximum absolute atomic E-state index is 12.7. The van der Waals surface area contributed by atoms with E-state index in [2.05, 4.69) is 48.2 Å². The standard InChI is InChI=1S/C16H25N3O/c1-4-16(14-10-8-7-9-11-14)15(20)17-12-13-19(16)18(5-2)6-3/h7-11H,4-6,12-13H2,1-3H3,(H,17,20). The van der Waals surface area contributed by atoms with Crippen LogP contribution >= 0.6 is 0 Å².